The highest BCUT2D eigenvalue weighted by Gasteiger charge is 2.11. The maximum absolute atomic E-state index is 10.1. The Morgan fingerprint density at radius 2 is 2.27 bits per heavy atom. The lowest BCUT2D eigenvalue weighted by molar-refractivity contribution is -0.389. The Hall–Kier alpha value is -1.17. The minimum Gasteiger partial charge on any atom is -0.503 e. The van der Waals surface area contributed by atoms with Gasteiger partial charge in [-0.2, -0.15) is 0 Å². The van der Waals surface area contributed by atoms with Crippen LogP contribution in [0.2, 0.25) is 0 Å². The number of hydrogen-bond acceptors (Lipinski definition) is 4. The van der Waals surface area contributed by atoms with Gasteiger partial charge in [-0.25, -0.2) is 0 Å². The van der Waals surface area contributed by atoms with E-state index in [9.17, 15) is 10.1 Å². The second-order valence-corrected chi connectivity index (χ2v) is 2.49. The SMILES string of the molecule is O=[N+]([O-])c1ccc(O)c(Br)n1. The number of rotatable bonds is 1. The maximum atomic E-state index is 10.1. The number of hydrogen-bond donors (Lipinski definition) is 1. The van der Waals surface area contributed by atoms with E-state index in [-0.39, 0.29) is 16.2 Å². The van der Waals surface area contributed by atoms with Gasteiger partial charge in [-0.1, -0.05) is 0 Å². The highest BCUT2D eigenvalue weighted by atomic mass is 79.9. The van der Waals surface area contributed by atoms with Gasteiger partial charge in [-0.05, 0) is 16.0 Å². The summed E-state index contributed by atoms with van der Waals surface area (Å²) in [7, 11) is 0. The molecule has 1 rings (SSSR count). The molecule has 0 radical (unpaired) electrons. The van der Waals surface area contributed by atoms with Crippen LogP contribution < -0.4 is 0 Å². The van der Waals surface area contributed by atoms with Crippen molar-refractivity contribution >= 4 is 21.7 Å². The third-order valence-electron chi connectivity index (χ3n) is 1.00. The topological polar surface area (TPSA) is 76.3 Å². The van der Waals surface area contributed by atoms with Gasteiger partial charge in [0.1, 0.15) is 0 Å². The smallest absolute Gasteiger partial charge is 0.364 e. The van der Waals surface area contributed by atoms with Crippen molar-refractivity contribution in [2.24, 2.45) is 0 Å². The third kappa shape index (κ3) is 1.64. The maximum Gasteiger partial charge on any atom is 0.364 e. The van der Waals surface area contributed by atoms with E-state index in [0.717, 1.165) is 6.07 Å². The number of aromatic nitrogens is 1. The summed E-state index contributed by atoms with van der Waals surface area (Å²) >= 11 is 2.85. The highest BCUT2D eigenvalue weighted by molar-refractivity contribution is 9.10. The summed E-state index contributed by atoms with van der Waals surface area (Å²) in [6.07, 6.45) is 0. The van der Waals surface area contributed by atoms with Crippen molar-refractivity contribution in [2.75, 3.05) is 0 Å². The van der Waals surface area contributed by atoms with Gasteiger partial charge in [0.25, 0.3) is 4.60 Å². The molecule has 11 heavy (non-hydrogen) atoms. The standard InChI is InChI=1S/C5H3BrN2O3/c6-5-3(9)1-2-4(7-5)8(10)11/h1-2,9H. The number of nitrogens with zero attached hydrogens (tertiary/aromatic N) is 2. The van der Waals surface area contributed by atoms with Crippen LogP contribution in [0.3, 0.4) is 0 Å². The molecule has 0 aliphatic rings. The molecule has 1 aromatic rings. The van der Waals surface area contributed by atoms with Crippen molar-refractivity contribution in [3.63, 3.8) is 0 Å². The molecule has 0 amide bonds. The van der Waals surface area contributed by atoms with Crippen molar-refractivity contribution in [1.29, 1.82) is 0 Å². The summed E-state index contributed by atoms with van der Waals surface area (Å²) in [6.45, 7) is 0. The Morgan fingerprint density at radius 3 is 2.73 bits per heavy atom. The van der Waals surface area contributed by atoms with Crippen molar-refractivity contribution in [1.82, 2.24) is 4.98 Å². The van der Waals surface area contributed by atoms with E-state index in [1.54, 1.807) is 0 Å². The van der Waals surface area contributed by atoms with Gasteiger partial charge in [-0.3, -0.25) is 0 Å². The zero-order chi connectivity index (χ0) is 8.43. The van der Waals surface area contributed by atoms with Gasteiger partial charge >= 0.3 is 5.82 Å². The average Bonchev–Trinajstić information content (AvgIpc) is 1.94. The monoisotopic (exact) mass is 218 g/mol. The summed E-state index contributed by atoms with van der Waals surface area (Å²) < 4.78 is 0.0756. The van der Waals surface area contributed by atoms with Crippen LogP contribution in [-0.2, 0) is 0 Å². The van der Waals surface area contributed by atoms with Gasteiger partial charge in [0.15, 0.2) is 5.75 Å². The van der Waals surface area contributed by atoms with E-state index in [1.165, 1.54) is 6.07 Å². The predicted molar refractivity (Wildman–Crippen MR) is 40.3 cm³/mol. The molecule has 1 heterocycles. The molecule has 0 spiro atoms. The Balaban J connectivity index is 3.15. The molecule has 5 nitrogen and oxygen atoms in total. The lowest BCUT2D eigenvalue weighted by atomic mass is 10.4. The normalized spacial score (nSPS) is 9.55. The number of aromatic hydroxyl groups is 1. The molecular formula is C5H3BrN2O3. The van der Waals surface area contributed by atoms with E-state index in [1.807, 2.05) is 0 Å². The molecule has 0 unspecified atom stereocenters. The summed E-state index contributed by atoms with van der Waals surface area (Å²) in [5, 5.41) is 19.0. The largest absolute Gasteiger partial charge is 0.503 e. The molecule has 0 fully saturated rings. The second kappa shape index (κ2) is 2.83. The Kier molecular flexibility index (Phi) is 2.04. The molecule has 1 N–H and O–H groups in total. The van der Waals surface area contributed by atoms with Gasteiger partial charge in [0, 0.05) is 22.0 Å². The van der Waals surface area contributed by atoms with Gasteiger partial charge < -0.3 is 15.2 Å². The minimum absolute atomic E-state index is 0.0756. The molecule has 0 aromatic carbocycles. The van der Waals surface area contributed by atoms with Gasteiger partial charge in [0.05, 0.1) is 0 Å². The van der Waals surface area contributed by atoms with E-state index in [2.05, 4.69) is 20.9 Å². The Morgan fingerprint density at radius 1 is 1.64 bits per heavy atom. The average molecular weight is 219 g/mol. The molecule has 0 saturated carbocycles. The van der Waals surface area contributed by atoms with Gasteiger partial charge in [0.2, 0.25) is 0 Å². The quantitative estimate of drug-likeness (QED) is 0.440. The predicted octanol–water partition coefficient (Wildman–Crippen LogP) is 1.46. The fraction of sp³-hybridized carbons (Fsp3) is 0. The van der Waals surface area contributed by atoms with Crippen LogP contribution in [0.4, 0.5) is 5.82 Å². The van der Waals surface area contributed by atoms with Crippen LogP contribution in [0.25, 0.3) is 0 Å². The Bertz CT molecular complexity index is 302. The van der Waals surface area contributed by atoms with E-state index < -0.39 is 4.92 Å². The first-order valence-electron chi connectivity index (χ1n) is 2.61. The van der Waals surface area contributed by atoms with Crippen LogP contribution in [0.5, 0.6) is 5.75 Å². The Labute approximate surface area is 70.0 Å². The van der Waals surface area contributed by atoms with Crippen molar-refractivity contribution in [3.05, 3.63) is 26.9 Å². The minimum atomic E-state index is -0.635. The zero-order valence-corrected chi connectivity index (χ0v) is 6.78. The summed E-state index contributed by atoms with van der Waals surface area (Å²) in [4.78, 5) is 12.9. The van der Waals surface area contributed by atoms with Crippen LogP contribution in [0, 0.1) is 10.1 Å². The molecule has 0 atom stereocenters. The first-order valence-corrected chi connectivity index (χ1v) is 3.40. The van der Waals surface area contributed by atoms with E-state index in [4.69, 9.17) is 5.11 Å². The van der Waals surface area contributed by atoms with Crippen molar-refractivity contribution in [2.45, 2.75) is 0 Å². The first-order chi connectivity index (χ1) is 5.11. The zero-order valence-electron chi connectivity index (χ0n) is 5.19. The molecule has 6 heteroatoms. The van der Waals surface area contributed by atoms with Crippen LogP contribution in [0.1, 0.15) is 0 Å². The van der Waals surface area contributed by atoms with Crippen LogP contribution in [-0.4, -0.2) is 15.0 Å². The molecule has 0 bridgehead atoms. The number of halogens is 1. The molecule has 1 aromatic heterocycles. The molecular weight excluding hydrogens is 216 g/mol. The fourth-order valence-electron chi connectivity index (χ4n) is 0.519. The van der Waals surface area contributed by atoms with E-state index in [0.29, 0.717) is 0 Å². The second-order valence-electron chi connectivity index (χ2n) is 1.74. The first kappa shape index (κ1) is 7.93. The van der Waals surface area contributed by atoms with Crippen molar-refractivity contribution < 1.29 is 10.0 Å². The summed E-state index contributed by atoms with van der Waals surface area (Å²) in [6, 6.07) is 2.33. The lowest BCUT2D eigenvalue weighted by Crippen LogP contribution is -1.91. The molecule has 58 valence electrons. The van der Waals surface area contributed by atoms with Crippen molar-refractivity contribution in [3.8, 4) is 5.75 Å². The fourth-order valence-corrected chi connectivity index (χ4v) is 0.833. The highest BCUT2D eigenvalue weighted by Crippen LogP contribution is 2.23. The molecule has 0 aliphatic carbocycles. The molecule has 0 aliphatic heterocycles. The lowest BCUT2D eigenvalue weighted by Gasteiger charge is -1.92. The van der Waals surface area contributed by atoms with Crippen LogP contribution >= 0.6 is 15.9 Å². The van der Waals surface area contributed by atoms with E-state index >= 15 is 0 Å². The van der Waals surface area contributed by atoms with Crippen LogP contribution in [0.15, 0.2) is 16.7 Å². The number of pyridine rings is 1. The third-order valence-corrected chi connectivity index (χ3v) is 1.58. The summed E-state index contributed by atoms with van der Waals surface area (Å²) in [5.74, 6) is -0.412. The summed E-state index contributed by atoms with van der Waals surface area (Å²) in [5.41, 5.74) is 0. The van der Waals surface area contributed by atoms with Gasteiger partial charge in [-0.15, -0.1) is 0 Å². The number of nitro groups is 1. The molecule has 0 saturated heterocycles.